The lowest BCUT2D eigenvalue weighted by atomic mass is 10.7. The maximum absolute atomic E-state index is 11.7. The molecule has 0 bridgehead atoms. The highest BCUT2D eigenvalue weighted by molar-refractivity contribution is 8.18. The molecule has 0 fully saturated rings. The standard InChI is InChI=1S/C7H9NO2S3/c1-8(2)7(11)13(9,10)6-4-3-5-12-6/h3-5H,1-2H3. The molecule has 1 aromatic rings. The lowest BCUT2D eigenvalue weighted by Crippen LogP contribution is -2.27. The summed E-state index contributed by atoms with van der Waals surface area (Å²) in [5, 5.41) is 1.71. The fourth-order valence-corrected chi connectivity index (χ4v) is 3.44. The molecule has 0 aromatic carbocycles. The second kappa shape index (κ2) is 3.73. The van der Waals surface area contributed by atoms with Crippen molar-refractivity contribution < 1.29 is 8.42 Å². The van der Waals surface area contributed by atoms with Crippen molar-refractivity contribution in [1.29, 1.82) is 0 Å². The van der Waals surface area contributed by atoms with Gasteiger partial charge in [0.15, 0.2) is 0 Å². The van der Waals surface area contributed by atoms with Crippen LogP contribution in [0.3, 0.4) is 0 Å². The summed E-state index contributed by atoms with van der Waals surface area (Å²) < 4.78 is 23.6. The quantitative estimate of drug-likeness (QED) is 0.689. The Hall–Kier alpha value is -0.460. The summed E-state index contributed by atoms with van der Waals surface area (Å²) in [6.45, 7) is 0. The molecule has 0 radical (unpaired) electrons. The molecule has 0 saturated carbocycles. The Morgan fingerprint density at radius 1 is 1.54 bits per heavy atom. The average Bonchev–Trinajstić information content (AvgIpc) is 2.54. The van der Waals surface area contributed by atoms with Gasteiger partial charge in [-0.15, -0.1) is 11.3 Å². The van der Waals surface area contributed by atoms with E-state index in [1.54, 1.807) is 31.6 Å². The molecule has 1 heterocycles. The van der Waals surface area contributed by atoms with E-state index in [4.69, 9.17) is 12.2 Å². The summed E-state index contributed by atoms with van der Waals surface area (Å²) in [6.07, 6.45) is 0. The number of thiocarbonyl (C=S) groups is 1. The van der Waals surface area contributed by atoms with E-state index in [0.29, 0.717) is 4.21 Å². The predicted molar refractivity (Wildman–Crippen MR) is 57.8 cm³/mol. The van der Waals surface area contributed by atoms with Crippen molar-refractivity contribution in [3.8, 4) is 0 Å². The summed E-state index contributed by atoms with van der Waals surface area (Å²) in [5.41, 5.74) is 0. The fraction of sp³-hybridized carbons (Fsp3) is 0.286. The number of sulfone groups is 1. The lowest BCUT2D eigenvalue weighted by Gasteiger charge is -2.12. The third-order valence-corrected chi connectivity index (χ3v) is 5.48. The van der Waals surface area contributed by atoms with Crippen LogP contribution in [-0.4, -0.2) is 31.7 Å². The summed E-state index contributed by atoms with van der Waals surface area (Å²) in [7, 11) is -0.182. The predicted octanol–water partition coefficient (Wildman–Crippen LogP) is 1.37. The molecule has 0 spiro atoms. The first-order chi connectivity index (χ1) is 5.96. The molecule has 1 aromatic heterocycles. The van der Waals surface area contributed by atoms with Crippen molar-refractivity contribution in [3.63, 3.8) is 0 Å². The normalized spacial score (nSPS) is 11.2. The summed E-state index contributed by atoms with van der Waals surface area (Å²) >= 11 is 5.98. The van der Waals surface area contributed by atoms with Crippen molar-refractivity contribution in [2.45, 2.75) is 4.21 Å². The summed E-state index contributed by atoms with van der Waals surface area (Å²) in [5.74, 6) is 0. The highest BCUT2D eigenvalue weighted by atomic mass is 32.3. The van der Waals surface area contributed by atoms with Crippen LogP contribution in [-0.2, 0) is 9.84 Å². The molecule has 0 aliphatic rings. The van der Waals surface area contributed by atoms with Crippen molar-refractivity contribution in [2.75, 3.05) is 14.1 Å². The second-order valence-corrected chi connectivity index (χ2v) is 6.28. The number of hydrogen-bond donors (Lipinski definition) is 0. The number of nitrogens with zero attached hydrogens (tertiary/aromatic N) is 1. The molecule has 0 N–H and O–H groups in total. The third-order valence-electron chi connectivity index (χ3n) is 1.35. The second-order valence-electron chi connectivity index (χ2n) is 2.60. The molecular formula is C7H9NO2S3. The van der Waals surface area contributed by atoms with Gasteiger partial charge in [-0.25, -0.2) is 8.42 Å². The molecule has 0 amide bonds. The largest absolute Gasteiger partial charge is 0.359 e. The van der Waals surface area contributed by atoms with Gasteiger partial charge in [-0.05, 0) is 23.7 Å². The molecule has 0 aliphatic carbocycles. The van der Waals surface area contributed by atoms with Gasteiger partial charge in [-0.3, -0.25) is 0 Å². The topological polar surface area (TPSA) is 37.4 Å². The maximum atomic E-state index is 11.7. The van der Waals surface area contributed by atoms with Gasteiger partial charge < -0.3 is 4.90 Å². The molecule has 13 heavy (non-hydrogen) atoms. The highest BCUT2D eigenvalue weighted by Crippen LogP contribution is 2.19. The Kier molecular flexibility index (Phi) is 3.05. The number of thiophene rings is 1. The van der Waals surface area contributed by atoms with Crippen molar-refractivity contribution in [3.05, 3.63) is 17.5 Å². The van der Waals surface area contributed by atoms with Crippen LogP contribution in [0.15, 0.2) is 21.7 Å². The Morgan fingerprint density at radius 2 is 2.15 bits per heavy atom. The van der Waals surface area contributed by atoms with Gasteiger partial charge in [-0.1, -0.05) is 6.07 Å². The third kappa shape index (κ3) is 2.07. The van der Waals surface area contributed by atoms with E-state index in [1.165, 1.54) is 16.2 Å². The number of hydrogen-bond acceptors (Lipinski definition) is 4. The van der Waals surface area contributed by atoms with Crippen LogP contribution in [0.5, 0.6) is 0 Å². The minimum atomic E-state index is -3.42. The van der Waals surface area contributed by atoms with E-state index < -0.39 is 9.84 Å². The molecule has 72 valence electrons. The van der Waals surface area contributed by atoms with Gasteiger partial charge in [0.1, 0.15) is 4.21 Å². The molecule has 1 rings (SSSR count). The van der Waals surface area contributed by atoms with Crippen LogP contribution < -0.4 is 0 Å². The molecule has 0 unspecified atom stereocenters. The van der Waals surface area contributed by atoms with Gasteiger partial charge in [0.25, 0.3) is 0 Å². The van der Waals surface area contributed by atoms with Crippen LogP contribution in [0.1, 0.15) is 0 Å². The van der Waals surface area contributed by atoms with Gasteiger partial charge in [-0.2, -0.15) is 0 Å². The first kappa shape index (κ1) is 10.6. The Labute approximate surface area is 86.9 Å². The Morgan fingerprint density at radius 3 is 2.54 bits per heavy atom. The monoisotopic (exact) mass is 235 g/mol. The average molecular weight is 235 g/mol. The highest BCUT2D eigenvalue weighted by Gasteiger charge is 2.22. The van der Waals surface area contributed by atoms with Crippen LogP contribution in [0, 0.1) is 0 Å². The molecule has 6 heteroatoms. The van der Waals surface area contributed by atoms with E-state index in [0.717, 1.165) is 0 Å². The van der Waals surface area contributed by atoms with Crippen LogP contribution in [0.2, 0.25) is 0 Å². The fourth-order valence-electron chi connectivity index (χ4n) is 0.743. The van der Waals surface area contributed by atoms with Gasteiger partial charge in [0.2, 0.25) is 14.2 Å². The van der Waals surface area contributed by atoms with Crippen molar-refractivity contribution in [1.82, 2.24) is 4.90 Å². The van der Waals surface area contributed by atoms with Crippen LogP contribution >= 0.6 is 23.6 Å². The minimum absolute atomic E-state index is 0.0463. The molecule has 0 aliphatic heterocycles. The van der Waals surface area contributed by atoms with Crippen LogP contribution in [0.4, 0.5) is 0 Å². The maximum Gasteiger partial charge on any atom is 0.241 e. The Balaban J connectivity index is 3.12. The summed E-state index contributed by atoms with van der Waals surface area (Å²) in [6, 6.07) is 3.24. The number of rotatable bonds is 1. The van der Waals surface area contributed by atoms with Gasteiger partial charge >= 0.3 is 0 Å². The summed E-state index contributed by atoms with van der Waals surface area (Å²) in [4.78, 5) is 1.42. The SMILES string of the molecule is CN(C)C(=S)S(=O)(=O)c1cccs1. The minimum Gasteiger partial charge on any atom is -0.359 e. The van der Waals surface area contributed by atoms with Crippen molar-refractivity contribution in [2.24, 2.45) is 0 Å². The zero-order valence-electron chi connectivity index (χ0n) is 7.22. The van der Waals surface area contributed by atoms with E-state index in [1.807, 2.05) is 0 Å². The van der Waals surface area contributed by atoms with E-state index in [-0.39, 0.29) is 4.32 Å². The van der Waals surface area contributed by atoms with E-state index >= 15 is 0 Å². The van der Waals surface area contributed by atoms with E-state index in [2.05, 4.69) is 0 Å². The zero-order chi connectivity index (χ0) is 10.1. The smallest absolute Gasteiger partial charge is 0.241 e. The van der Waals surface area contributed by atoms with E-state index in [9.17, 15) is 8.42 Å². The lowest BCUT2D eigenvalue weighted by molar-refractivity contribution is 0.593. The molecule has 0 atom stereocenters. The molecule has 3 nitrogen and oxygen atoms in total. The first-order valence-electron chi connectivity index (χ1n) is 3.46. The van der Waals surface area contributed by atoms with Crippen LogP contribution in [0.25, 0.3) is 0 Å². The van der Waals surface area contributed by atoms with Crippen molar-refractivity contribution >= 4 is 37.7 Å². The molecule has 0 saturated heterocycles. The zero-order valence-corrected chi connectivity index (χ0v) is 9.67. The first-order valence-corrected chi connectivity index (χ1v) is 6.23. The Bertz CT molecular complexity index is 391. The van der Waals surface area contributed by atoms with Gasteiger partial charge in [0.05, 0.1) is 0 Å². The van der Waals surface area contributed by atoms with Gasteiger partial charge in [0, 0.05) is 14.1 Å². The molecular weight excluding hydrogens is 226 g/mol.